The van der Waals surface area contributed by atoms with Gasteiger partial charge in [0.2, 0.25) is 0 Å². The zero-order valence-corrected chi connectivity index (χ0v) is 21.1. The lowest BCUT2D eigenvalue weighted by atomic mass is 9.98. The van der Waals surface area contributed by atoms with E-state index in [1.165, 1.54) is 0 Å². The van der Waals surface area contributed by atoms with Crippen molar-refractivity contribution in [3.8, 4) is 0 Å². The highest BCUT2D eigenvalue weighted by Crippen LogP contribution is 2.30. The number of rotatable bonds is 7. The van der Waals surface area contributed by atoms with Gasteiger partial charge in [0.15, 0.2) is 24.6 Å². The number of hydrogen-bond acceptors (Lipinski definition) is 8. The predicted octanol–water partition coefficient (Wildman–Crippen LogP) is 3.82. The van der Waals surface area contributed by atoms with Crippen LogP contribution in [0.2, 0.25) is 0 Å². The van der Waals surface area contributed by atoms with Gasteiger partial charge in [-0.15, -0.1) is 0 Å². The van der Waals surface area contributed by atoms with E-state index in [1.807, 2.05) is 22.6 Å². The summed E-state index contributed by atoms with van der Waals surface area (Å²) in [5.74, 6) is -2.17. The molecule has 0 bridgehead atoms. The molecular formula is C27H23IO8. The van der Waals surface area contributed by atoms with Crippen molar-refractivity contribution >= 4 is 40.5 Å². The minimum atomic E-state index is -1.63. The first-order chi connectivity index (χ1) is 17.5. The molecule has 0 unspecified atom stereocenters. The normalized spacial score (nSPS) is 23.3. The van der Waals surface area contributed by atoms with E-state index in [9.17, 15) is 19.5 Å². The largest absolute Gasteiger partial charge is 0.452 e. The number of alkyl halides is 1. The molecule has 9 heteroatoms. The van der Waals surface area contributed by atoms with Crippen LogP contribution in [0.1, 0.15) is 31.1 Å². The summed E-state index contributed by atoms with van der Waals surface area (Å²) in [4.78, 5) is 38.7. The third kappa shape index (κ3) is 6.10. The van der Waals surface area contributed by atoms with Crippen LogP contribution < -0.4 is 0 Å². The summed E-state index contributed by atoms with van der Waals surface area (Å²) in [6, 6.07) is 24.6. The number of aliphatic hydroxyl groups excluding tert-OH is 1. The SMILES string of the molecule is O=C(O[C@H]1[C@H](OC(=O)c2ccccc2)[C@@H](O)O[C@H](CI)[C@H]1OC(=O)c1ccccc1)c1ccccc1. The van der Waals surface area contributed by atoms with E-state index >= 15 is 0 Å². The molecule has 0 aromatic heterocycles. The number of esters is 3. The van der Waals surface area contributed by atoms with Crippen LogP contribution >= 0.6 is 22.6 Å². The maximum absolute atomic E-state index is 13.0. The van der Waals surface area contributed by atoms with E-state index in [0.717, 1.165) is 0 Å². The molecule has 0 amide bonds. The summed E-state index contributed by atoms with van der Waals surface area (Å²) >= 11 is 2.01. The molecule has 1 fully saturated rings. The lowest BCUT2D eigenvalue weighted by Gasteiger charge is -2.42. The number of ether oxygens (including phenoxy) is 4. The third-order valence-electron chi connectivity index (χ3n) is 5.52. The zero-order chi connectivity index (χ0) is 25.5. The number of carbonyl (C=O) groups excluding carboxylic acids is 3. The highest BCUT2D eigenvalue weighted by molar-refractivity contribution is 14.1. The second kappa shape index (κ2) is 12.1. The van der Waals surface area contributed by atoms with Crippen LogP contribution in [0.5, 0.6) is 0 Å². The van der Waals surface area contributed by atoms with Gasteiger partial charge in [0.1, 0.15) is 6.10 Å². The number of aliphatic hydroxyl groups is 1. The topological polar surface area (TPSA) is 108 Å². The van der Waals surface area contributed by atoms with Crippen LogP contribution in [0, 0.1) is 0 Å². The fraction of sp³-hybridized carbons (Fsp3) is 0.222. The standard InChI is InChI=1S/C27H23IO8/c28-16-20-21(34-24(29)17-10-4-1-5-11-17)22(35-25(30)18-12-6-2-7-13-18)23(27(32)33-20)36-26(31)19-14-8-3-9-15-19/h1-15,20-23,27,32H,16H2/t20-,21-,22-,23+,27+/m1/s1. The van der Waals surface area contributed by atoms with E-state index in [0.29, 0.717) is 4.43 Å². The Morgan fingerprint density at radius 3 is 1.39 bits per heavy atom. The molecule has 0 aliphatic carbocycles. The highest BCUT2D eigenvalue weighted by Gasteiger charge is 2.51. The van der Waals surface area contributed by atoms with Crippen LogP contribution in [0.3, 0.4) is 0 Å². The summed E-state index contributed by atoms with van der Waals surface area (Å²) in [6.45, 7) is 0. The number of benzene rings is 3. The van der Waals surface area contributed by atoms with Gasteiger partial charge in [-0.3, -0.25) is 0 Å². The lowest BCUT2D eigenvalue weighted by Crippen LogP contribution is -2.62. The van der Waals surface area contributed by atoms with E-state index < -0.39 is 48.6 Å². The molecule has 8 nitrogen and oxygen atoms in total. The second-order valence-electron chi connectivity index (χ2n) is 7.93. The molecule has 0 saturated carbocycles. The van der Waals surface area contributed by atoms with Crippen molar-refractivity contribution in [2.24, 2.45) is 0 Å². The molecule has 36 heavy (non-hydrogen) atoms. The van der Waals surface area contributed by atoms with E-state index in [4.69, 9.17) is 18.9 Å². The first-order valence-corrected chi connectivity index (χ1v) is 12.7. The lowest BCUT2D eigenvalue weighted by molar-refractivity contribution is -0.274. The summed E-state index contributed by atoms with van der Waals surface area (Å²) in [7, 11) is 0. The maximum Gasteiger partial charge on any atom is 0.338 e. The second-order valence-corrected chi connectivity index (χ2v) is 8.81. The van der Waals surface area contributed by atoms with Gasteiger partial charge >= 0.3 is 17.9 Å². The number of hydrogen-bond donors (Lipinski definition) is 1. The van der Waals surface area contributed by atoms with Gasteiger partial charge in [0, 0.05) is 4.43 Å². The van der Waals surface area contributed by atoms with Crippen LogP contribution in [-0.2, 0) is 18.9 Å². The Bertz CT molecular complexity index is 1170. The van der Waals surface area contributed by atoms with Crippen molar-refractivity contribution < 1.29 is 38.4 Å². The molecule has 5 atom stereocenters. The van der Waals surface area contributed by atoms with Crippen LogP contribution in [-0.4, -0.2) is 58.1 Å². The van der Waals surface area contributed by atoms with Crippen molar-refractivity contribution in [2.75, 3.05) is 4.43 Å². The van der Waals surface area contributed by atoms with Crippen LogP contribution in [0.4, 0.5) is 0 Å². The van der Waals surface area contributed by atoms with Crippen molar-refractivity contribution in [3.63, 3.8) is 0 Å². The predicted molar refractivity (Wildman–Crippen MR) is 137 cm³/mol. The van der Waals surface area contributed by atoms with Crippen molar-refractivity contribution in [3.05, 3.63) is 108 Å². The first kappa shape index (κ1) is 25.8. The Hall–Kier alpha value is -3.28. The number of carbonyl (C=O) groups is 3. The van der Waals surface area contributed by atoms with Gasteiger partial charge in [-0.2, -0.15) is 0 Å². The minimum Gasteiger partial charge on any atom is -0.452 e. The summed E-state index contributed by atoms with van der Waals surface area (Å²) < 4.78 is 23.0. The molecule has 1 N–H and O–H groups in total. The Kier molecular flexibility index (Phi) is 8.68. The van der Waals surface area contributed by atoms with Gasteiger partial charge in [0.25, 0.3) is 0 Å². The molecule has 1 heterocycles. The Balaban J connectivity index is 1.66. The molecule has 1 aliphatic rings. The van der Waals surface area contributed by atoms with Crippen molar-refractivity contribution in [1.82, 2.24) is 0 Å². The first-order valence-electron chi connectivity index (χ1n) is 11.2. The summed E-state index contributed by atoms with van der Waals surface area (Å²) in [5.41, 5.74) is 0.749. The summed E-state index contributed by atoms with van der Waals surface area (Å²) in [5, 5.41) is 10.8. The molecule has 186 valence electrons. The summed E-state index contributed by atoms with van der Waals surface area (Å²) in [6.07, 6.45) is -6.44. The van der Waals surface area contributed by atoms with Gasteiger partial charge in [-0.25, -0.2) is 14.4 Å². The maximum atomic E-state index is 13.0. The zero-order valence-electron chi connectivity index (χ0n) is 18.9. The molecular weight excluding hydrogens is 579 g/mol. The average Bonchev–Trinajstić information content (AvgIpc) is 2.93. The van der Waals surface area contributed by atoms with Gasteiger partial charge in [-0.05, 0) is 36.4 Å². The van der Waals surface area contributed by atoms with Crippen LogP contribution in [0.25, 0.3) is 0 Å². The smallest absolute Gasteiger partial charge is 0.338 e. The highest BCUT2D eigenvalue weighted by atomic mass is 127. The Morgan fingerprint density at radius 2 is 1.00 bits per heavy atom. The van der Waals surface area contributed by atoms with E-state index in [2.05, 4.69) is 0 Å². The Labute approximate surface area is 221 Å². The number of halogens is 1. The molecule has 4 rings (SSSR count). The fourth-order valence-electron chi connectivity index (χ4n) is 3.72. The van der Waals surface area contributed by atoms with Gasteiger partial charge < -0.3 is 24.1 Å². The third-order valence-corrected chi connectivity index (χ3v) is 6.39. The van der Waals surface area contributed by atoms with E-state index in [1.54, 1.807) is 91.0 Å². The average molecular weight is 602 g/mol. The van der Waals surface area contributed by atoms with E-state index in [-0.39, 0.29) is 16.7 Å². The molecule has 1 aliphatic heterocycles. The van der Waals surface area contributed by atoms with Gasteiger partial charge in [-0.1, -0.05) is 77.2 Å². The monoisotopic (exact) mass is 602 g/mol. The Morgan fingerprint density at radius 1 is 0.639 bits per heavy atom. The fourth-order valence-corrected chi connectivity index (χ4v) is 4.43. The molecule has 1 saturated heterocycles. The molecule has 3 aromatic carbocycles. The van der Waals surface area contributed by atoms with Crippen LogP contribution in [0.15, 0.2) is 91.0 Å². The van der Waals surface area contributed by atoms with Crippen molar-refractivity contribution in [1.29, 1.82) is 0 Å². The minimum absolute atomic E-state index is 0.228. The van der Waals surface area contributed by atoms with Gasteiger partial charge in [0.05, 0.1) is 16.7 Å². The molecule has 0 radical (unpaired) electrons. The van der Waals surface area contributed by atoms with Crippen molar-refractivity contribution in [2.45, 2.75) is 30.7 Å². The quantitative estimate of drug-likeness (QED) is 0.188. The molecule has 3 aromatic rings. The molecule has 0 spiro atoms.